The van der Waals surface area contributed by atoms with Gasteiger partial charge in [0.2, 0.25) is 0 Å². The number of urea groups is 1. The van der Waals surface area contributed by atoms with Crippen molar-refractivity contribution < 1.29 is 9.90 Å². The number of hydrogen-bond acceptors (Lipinski definition) is 4. The molecule has 2 atom stereocenters. The fourth-order valence-electron chi connectivity index (χ4n) is 2.95. The van der Waals surface area contributed by atoms with Crippen LogP contribution in [0.4, 0.5) is 10.5 Å². The molecule has 1 aliphatic carbocycles. The Kier molecular flexibility index (Phi) is 4.93. The molecule has 2 N–H and O–H groups in total. The Bertz CT molecular complexity index is 642. The van der Waals surface area contributed by atoms with E-state index in [4.69, 9.17) is 0 Å². The van der Waals surface area contributed by atoms with E-state index in [1.54, 1.807) is 29.5 Å². The van der Waals surface area contributed by atoms with Gasteiger partial charge in [0.25, 0.3) is 0 Å². The number of amides is 2. The summed E-state index contributed by atoms with van der Waals surface area (Å²) in [6, 6.07) is 7.52. The van der Waals surface area contributed by atoms with E-state index in [0.717, 1.165) is 35.5 Å². The van der Waals surface area contributed by atoms with Gasteiger partial charge in [-0.2, -0.15) is 0 Å². The van der Waals surface area contributed by atoms with Crippen LogP contribution in [0.5, 0.6) is 0 Å². The first-order chi connectivity index (χ1) is 11.1. The van der Waals surface area contributed by atoms with Crippen LogP contribution in [0.2, 0.25) is 0 Å². The van der Waals surface area contributed by atoms with Crippen LogP contribution in [-0.2, 0) is 0 Å². The van der Waals surface area contributed by atoms with Crippen LogP contribution < -0.4 is 5.32 Å². The maximum Gasteiger partial charge on any atom is 0.321 e. The van der Waals surface area contributed by atoms with E-state index in [0.29, 0.717) is 6.54 Å². The third-order valence-corrected chi connectivity index (χ3v) is 5.11. The van der Waals surface area contributed by atoms with Crippen LogP contribution in [0.3, 0.4) is 0 Å². The average molecular weight is 331 g/mol. The van der Waals surface area contributed by atoms with Gasteiger partial charge in [0, 0.05) is 42.3 Å². The fraction of sp³-hybridized carbons (Fsp3) is 0.412. The Balaban J connectivity index is 1.56. The van der Waals surface area contributed by atoms with Gasteiger partial charge in [-0.1, -0.05) is 6.42 Å². The standard InChI is InChI=1S/C17H21N3O2S/c1-20(11-13-3-2-4-15(13)21)17(22)19-14-7-5-12(6-8-14)16-18-9-10-23-16/h5-10,13,15,21H,2-4,11H2,1H3,(H,19,22). The van der Waals surface area contributed by atoms with E-state index < -0.39 is 0 Å². The highest BCUT2D eigenvalue weighted by atomic mass is 32.1. The zero-order chi connectivity index (χ0) is 16.2. The molecule has 6 heteroatoms. The van der Waals surface area contributed by atoms with Crippen LogP contribution in [0, 0.1) is 5.92 Å². The maximum atomic E-state index is 12.2. The number of benzene rings is 1. The van der Waals surface area contributed by atoms with Crippen molar-refractivity contribution in [2.24, 2.45) is 5.92 Å². The molecule has 1 aromatic heterocycles. The highest BCUT2D eigenvalue weighted by Gasteiger charge is 2.27. The van der Waals surface area contributed by atoms with Crippen LogP contribution in [0.25, 0.3) is 10.6 Å². The second-order valence-electron chi connectivity index (χ2n) is 5.98. The quantitative estimate of drug-likeness (QED) is 0.902. The summed E-state index contributed by atoms with van der Waals surface area (Å²) < 4.78 is 0. The van der Waals surface area contributed by atoms with E-state index in [9.17, 15) is 9.90 Å². The van der Waals surface area contributed by atoms with Gasteiger partial charge in [-0.15, -0.1) is 11.3 Å². The Morgan fingerprint density at radius 1 is 1.39 bits per heavy atom. The van der Waals surface area contributed by atoms with Crippen molar-refractivity contribution in [1.82, 2.24) is 9.88 Å². The first-order valence-electron chi connectivity index (χ1n) is 7.83. The number of carbonyl (C=O) groups is 1. The minimum atomic E-state index is -0.275. The van der Waals surface area contributed by atoms with Crippen LogP contribution >= 0.6 is 11.3 Å². The van der Waals surface area contributed by atoms with Gasteiger partial charge in [-0.25, -0.2) is 9.78 Å². The largest absolute Gasteiger partial charge is 0.393 e. The van der Waals surface area contributed by atoms with Crippen LogP contribution in [0.15, 0.2) is 35.8 Å². The molecule has 2 amide bonds. The van der Waals surface area contributed by atoms with Gasteiger partial charge in [0.05, 0.1) is 6.10 Å². The molecule has 0 bridgehead atoms. The molecule has 1 heterocycles. The number of nitrogens with one attached hydrogen (secondary N) is 1. The Morgan fingerprint density at radius 2 is 2.17 bits per heavy atom. The van der Waals surface area contributed by atoms with Crippen molar-refractivity contribution in [2.45, 2.75) is 25.4 Å². The van der Waals surface area contributed by atoms with Crippen molar-refractivity contribution >= 4 is 23.1 Å². The van der Waals surface area contributed by atoms with E-state index in [1.165, 1.54) is 0 Å². The van der Waals surface area contributed by atoms with Gasteiger partial charge in [0.1, 0.15) is 5.01 Å². The maximum absolute atomic E-state index is 12.2. The molecule has 0 saturated heterocycles. The number of aliphatic hydroxyl groups is 1. The van der Waals surface area contributed by atoms with Crippen molar-refractivity contribution in [3.63, 3.8) is 0 Å². The summed E-state index contributed by atoms with van der Waals surface area (Å²) in [5.41, 5.74) is 1.80. The Labute approximate surface area is 140 Å². The van der Waals surface area contributed by atoms with Crippen molar-refractivity contribution in [3.8, 4) is 10.6 Å². The van der Waals surface area contributed by atoms with E-state index >= 15 is 0 Å². The number of thiazole rings is 1. The lowest BCUT2D eigenvalue weighted by Gasteiger charge is -2.23. The SMILES string of the molecule is CN(CC1CCCC1O)C(=O)Nc1ccc(-c2nccs2)cc1. The van der Waals surface area contributed by atoms with Crippen molar-refractivity contribution in [3.05, 3.63) is 35.8 Å². The van der Waals surface area contributed by atoms with E-state index in [1.807, 2.05) is 29.6 Å². The van der Waals surface area contributed by atoms with Crippen molar-refractivity contribution in [2.75, 3.05) is 18.9 Å². The molecule has 5 nitrogen and oxygen atoms in total. The molecule has 2 unspecified atom stereocenters. The molecule has 1 saturated carbocycles. The average Bonchev–Trinajstić information content (AvgIpc) is 3.21. The monoisotopic (exact) mass is 331 g/mol. The number of aliphatic hydroxyl groups excluding tert-OH is 1. The molecular formula is C17H21N3O2S. The van der Waals surface area contributed by atoms with Crippen LogP contribution in [0.1, 0.15) is 19.3 Å². The predicted octanol–water partition coefficient (Wildman–Crippen LogP) is 3.43. The zero-order valence-electron chi connectivity index (χ0n) is 13.1. The number of rotatable bonds is 4. The number of nitrogens with zero attached hydrogens (tertiary/aromatic N) is 2. The van der Waals surface area contributed by atoms with Gasteiger partial charge < -0.3 is 15.3 Å². The molecule has 2 aromatic rings. The first-order valence-corrected chi connectivity index (χ1v) is 8.71. The molecular weight excluding hydrogens is 310 g/mol. The third kappa shape index (κ3) is 3.89. The summed E-state index contributed by atoms with van der Waals surface area (Å²) in [5, 5.41) is 15.7. The summed E-state index contributed by atoms with van der Waals surface area (Å²) in [7, 11) is 1.77. The topological polar surface area (TPSA) is 65.5 Å². The normalized spacial score (nSPS) is 20.4. The van der Waals surface area contributed by atoms with Gasteiger partial charge in [-0.05, 0) is 37.1 Å². The highest BCUT2D eigenvalue weighted by Crippen LogP contribution is 2.26. The lowest BCUT2D eigenvalue weighted by atomic mass is 10.1. The smallest absolute Gasteiger partial charge is 0.321 e. The summed E-state index contributed by atoms with van der Waals surface area (Å²) in [5.74, 6) is 0.193. The summed E-state index contributed by atoms with van der Waals surface area (Å²) >= 11 is 1.59. The number of aromatic nitrogens is 1. The number of anilines is 1. The van der Waals surface area contributed by atoms with E-state index in [-0.39, 0.29) is 18.1 Å². The Hall–Kier alpha value is -1.92. The van der Waals surface area contributed by atoms with Gasteiger partial charge >= 0.3 is 6.03 Å². The number of hydrogen-bond donors (Lipinski definition) is 2. The summed E-state index contributed by atoms with van der Waals surface area (Å²) in [6.45, 7) is 0.587. The molecule has 1 aromatic carbocycles. The number of carbonyl (C=O) groups excluding carboxylic acids is 1. The summed E-state index contributed by atoms with van der Waals surface area (Å²) in [6.07, 6.45) is 4.38. The van der Waals surface area contributed by atoms with E-state index in [2.05, 4.69) is 10.3 Å². The second kappa shape index (κ2) is 7.10. The minimum absolute atomic E-state index is 0.147. The molecule has 0 spiro atoms. The fourth-order valence-corrected chi connectivity index (χ4v) is 3.59. The third-order valence-electron chi connectivity index (χ3n) is 4.29. The minimum Gasteiger partial charge on any atom is -0.393 e. The molecule has 3 rings (SSSR count). The zero-order valence-corrected chi connectivity index (χ0v) is 13.9. The second-order valence-corrected chi connectivity index (χ2v) is 6.88. The predicted molar refractivity (Wildman–Crippen MR) is 92.5 cm³/mol. The lowest BCUT2D eigenvalue weighted by Crippen LogP contribution is -2.37. The van der Waals surface area contributed by atoms with Crippen LogP contribution in [-0.4, -0.2) is 40.7 Å². The molecule has 0 aliphatic heterocycles. The molecule has 0 radical (unpaired) electrons. The van der Waals surface area contributed by atoms with Gasteiger partial charge in [0.15, 0.2) is 0 Å². The Morgan fingerprint density at radius 3 is 2.78 bits per heavy atom. The van der Waals surface area contributed by atoms with Gasteiger partial charge in [-0.3, -0.25) is 0 Å². The first kappa shape index (κ1) is 16.0. The molecule has 1 aliphatic rings. The summed E-state index contributed by atoms with van der Waals surface area (Å²) in [4.78, 5) is 18.2. The molecule has 23 heavy (non-hydrogen) atoms. The molecule has 1 fully saturated rings. The van der Waals surface area contributed by atoms with Crippen molar-refractivity contribution in [1.29, 1.82) is 0 Å². The highest BCUT2D eigenvalue weighted by molar-refractivity contribution is 7.13. The molecule has 122 valence electrons. The lowest BCUT2D eigenvalue weighted by molar-refractivity contribution is 0.116.